The molecule has 0 bridgehead atoms. The summed E-state index contributed by atoms with van der Waals surface area (Å²) in [5.74, 6) is 0.310. The molecule has 0 saturated carbocycles. The maximum Gasteiger partial charge on any atom is 0.279 e. The number of carbonyl (C=O) groups excluding carboxylic acids is 2. The zero-order valence-corrected chi connectivity index (χ0v) is 15.8. The number of hydrogen-bond acceptors (Lipinski definition) is 3. The fourth-order valence-corrected chi connectivity index (χ4v) is 2.61. The number of quaternary nitrogens is 1. The van der Waals surface area contributed by atoms with Crippen molar-refractivity contribution < 1.29 is 19.2 Å². The summed E-state index contributed by atoms with van der Waals surface area (Å²) in [6, 6.07) is 12.4. The van der Waals surface area contributed by atoms with Crippen LogP contribution in [0.4, 0.5) is 11.4 Å². The third-order valence-electron chi connectivity index (χ3n) is 3.75. The summed E-state index contributed by atoms with van der Waals surface area (Å²) in [5, 5.41) is 6.19. The zero-order valence-electron chi connectivity index (χ0n) is 15.1. The van der Waals surface area contributed by atoms with Gasteiger partial charge in [0.25, 0.3) is 11.8 Å². The Balaban J connectivity index is 1.85. The van der Waals surface area contributed by atoms with E-state index in [0.29, 0.717) is 22.1 Å². The van der Waals surface area contributed by atoms with Crippen molar-refractivity contribution in [3.05, 3.63) is 53.1 Å². The Kier molecular flexibility index (Phi) is 7.00. The predicted octanol–water partition coefficient (Wildman–Crippen LogP) is 1.75. The summed E-state index contributed by atoms with van der Waals surface area (Å²) in [5.41, 5.74) is 2.26. The molecular formula is C19H23ClN3O3+. The molecule has 0 heterocycles. The standard InChI is InChI=1S/C19H22ClN3O3/c1-13-7-8-14(20)9-17(13)22-19(25)12-23(2)11-18(24)21-15-5-4-6-16(10-15)26-3/h4-10H,11-12H2,1-3H3,(H,21,24)(H,22,25)/p+1. The van der Waals surface area contributed by atoms with Gasteiger partial charge in [-0.3, -0.25) is 9.59 Å². The Morgan fingerprint density at radius 3 is 2.46 bits per heavy atom. The quantitative estimate of drug-likeness (QED) is 0.689. The highest BCUT2D eigenvalue weighted by molar-refractivity contribution is 6.31. The summed E-state index contributed by atoms with van der Waals surface area (Å²) in [6.45, 7) is 2.22. The third kappa shape index (κ3) is 6.06. The smallest absolute Gasteiger partial charge is 0.279 e. The highest BCUT2D eigenvalue weighted by Gasteiger charge is 2.15. The van der Waals surface area contributed by atoms with Gasteiger partial charge in [0.05, 0.1) is 14.2 Å². The molecule has 0 saturated heterocycles. The Hall–Kier alpha value is -2.57. The largest absolute Gasteiger partial charge is 0.497 e. The van der Waals surface area contributed by atoms with Gasteiger partial charge in [-0.2, -0.15) is 0 Å². The third-order valence-corrected chi connectivity index (χ3v) is 3.99. The lowest BCUT2D eigenvalue weighted by atomic mass is 10.2. The van der Waals surface area contributed by atoms with Crippen LogP contribution in [0.5, 0.6) is 5.75 Å². The molecule has 1 atom stereocenters. The SMILES string of the molecule is COc1cccc(NC(=O)C[NH+](C)CC(=O)Nc2cc(Cl)ccc2C)c1. The molecular weight excluding hydrogens is 354 g/mol. The number of aryl methyl sites for hydroxylation is 1. The number of likely N-dealkylation sites (N-methyl/N-ethyl adjacent to an activating group) is 1. The van der Waals surface area contributed by atoms with E-state index in [4.69, 9.17) is 16.3 Å². The van der Waals surface area contributed by atoms with Gasteiger partial charge in [0, 0.05) is 22.5 Å². The molecule has 138 valence electrons. The molecule has 7 heteroatoms. The number of methoxy groups -OCH3 is 1. The highest BCUT2D eigenvalue weighted by Crippen LogP contribution is 2.19. The normalized spacial score (nSPS) is 11.5. The number of nitrogens with one attached hydrogen (secondary N) is 3. The highest BCUT2D eigenvalue weighted by atomic mass is 35.5. The average molecular weight is 377 g/mol. The topological polar surface area (TPSA) is 71.9 Å². The monoisotopic (exact) mass is 376 g/mol. The Morgan fingerprint density at radius 2 is 1.77 bits per heavy atom. The molecule has 2 rings (SSSR count). The maximum atomic E-state index is 12.2. The first-order valence-electron chi connectivity index (χ1n) is 8.18. The molecule has 2 amide bonds. The average Bonchev–Trinajstić information content (AvgIpc) is 2.57. The van der Waals surface area contributed by atoms with Crippen LogP contribution in [0.2, 0.25) is 5.02 Å². The van der Waals surface area contributed by atoms with Gasteiger partial charge in [0.1, 0.15) is 5.75 Å². The van der Waals surface area contributed by atoms with Crippen molar-refractivity contribution in [1.82, 2.24) is 0 Å². The van der Waals surface area contributed by atoms with Crippen molar-refractivity contribution >= 4 is 34.8 Å². The van der Waals surface area contributed by atoms with Crippen LogP contribution in [0.15, 0.2) is 42.5 Å². The van der Waals surface area contributed by atoms with Crippen LogP contribution < -0.4 is 20.3 Å². The Morgan fingerprint density at radius 1 is 1.08 bits per heavy atom. The number of hydrogen-bond donors (Lipinski definition) is 3. The molecule has 0 aromatic heterocycles. The van der Waals surface area contributed by atoms with E-state index in [1.165, 1.54) is 0 Å². The Bertz CT molecular complexity index is 795. The lowest BCUT2D eigenvalue weighted by Crippen LogP contribution is -3.11. The van der Waals surface area contributed by atoms with Gasteiger partial charge in [-0.15, -0.1) is 0 Å². The van der Waals surface area contributed by atoms with Crippen molar-refractivity contribution in [1.29, 1.82) is 0 Å². The van der Waals surface area contributed by atoms with E-state index in [2.05, 4.69) is 10.6 Å². The van der Waals surface area contributed by atoms with Crippen molar-refractivity contribution in [2.45, 2.75) is 6.92 Å². The first-order chi connectivity index (χ1) is 12.4. The van der Waals surface area contributed by atoms with E-state index >= 15 is 0 Å². The number of benzene rings is 2. The van der Waals surface area contributed by atoms with Gasteiger partial charge in [-0.05, 0) is 36.8 Å². The van der Waals surface area contributed by atoms with Crippen LogP contribution in [-0.4, -0.2) is 39.1 Å². The number of halogens is 1. The van der Waals surface area contributed by atoms with Gasteiger partial charge in [0.2, 0.25) is 0 Å². The fraction of sp³-hybridized carbons (Fsp3) is 0.263. The van der Waals surface area contributed by atoms with Crippen LogP contribution >= 0.6 is 11.6 Å². The lowest BCUT2D eigenvalue weighted by molar-refractivity contribution is -0.862. The molecule has 0 aliphatic heterocycles. The van der Waals surface area contributed by atoms with E-state index in [1.54, 1.807) is 50.6 Å². The van der Waals surface area contributed by atoms with Gasteiger partial charge in [-0.25, -0.2) is 0 Å². The van der Waals surface area contributed by atoms with Crippen LogP contribution in [0.3, 0.4) is 0 Å². The van der Waals surface area contributed by atoms with E-state index < -0.39 is 0 Å². The lowest BCUT2D eigenvalue weighted by Gasteiger charge is -2.15. The second kappa shape index (κ2) is 9.22. The van der Waals surface area contributed by atoms with E-state index in [-0.39, 0.29) is 24.9 Å². The van der Waals surface area contributed by atoms with Gasteiger partial charge < -0.3 is 20.3 Å². The summed E-state index contributed by atoms with van der Waals surface area (Å²) in [4.78, 5) is 25.1. The second-order valence-corrected chi connectivity index (χ2v) is 6.53. The minimum absolute atomic E-state index is 0.164. The minimum Gasteiger partial charge on any atom is -0.497 e. The molecule has 1 unspecified atom stereocenters. The molecule has 2 aromatic carbocycles. The van der Waals surface area contributed by atoms with E-state index in [0.717, 1.165) is 10.5 Å². The maximum absolute atomic E-state index is 12.2. The van der Waals surface area contributed by atoms with Crippen LogP contribution in [-0.2, 0) is 9.59 Å². The van der Waals surface area contributed by atoms with E-state index in [9.17, 15) is 9.59 Å². The van der Waals surface area contributed by atoms with Gasteiger partial charge in [-0.1, -0.05) is 23.7 Å². The van der Waals surface area contributed by atoms with E-state index in [1.807, 2.05) is 13.0 Å². The molecule has 0 spiro atoms. The number of carbonyl (C=O) groups is 2. The summed E-state index contributed by atoms with van der Waals surface area (Å²) >= 11 is 5.96. The van der Waals surface area contributed by atoms with Gasteiger partial charge in [0.15, 0.2) is 13.1 Å². The molecule has 6 nitrogen and oxygen atoms in total. The van der Waals surface area contributed by atoms with Crippen molar-refractivity contribution in [3.63, 3.8) is 0 Å². The van der Waals surface area contributed by atoms with Crippen LogP contribution in [0.25, 0.3) is 0 Å². The summed E-state index contributed by atoms with van der Waals surface area (Å²) in [6.07, 6.45) is 0. The summed E-state index contributed by atoms with van der Waals surface area (Å²) in [7, 11) is 3.36. The first-order valence-corrected chi connectivity index (χ1v) is 8.56. The van der Waals surface area contributed by atoms with Crippen LogP contribution in [0.1, 0.15) is 5.56 Å². The van der Waals surface area contributed by atoms with Crippen molar-refractivity contribution in [3.8, 4) is 5.75 Å². The number of anilines is 2. The number of amides is 2. The Labute approximate surface area is 158 Å². The molecule has 0 aliphatic carbocycles. The molecule has 2 aromatic rings. The predicted molar refractivity (Wildman–Crippen MR) is 103 cm³/mol. The summed E-state index contributed by atoms with van der Waals surface area (Å²) < 4.78 is 5.13. The second-order valence-electron chi connectivity index (χ2n) is 6.10. The number of ether oxygens (including phenoxy) is 1. The van der Waals surface area contributed by atoms with Crippen molar-refractivity contribution in [2.75, 3.05) is 37.9 Å². The molecule has 0 fully saturated rings. The number of rotatable bonds is 7. The molecule has 0 aliphatic rings. The van der Waals surface area contributed by atoms with Gasteiger partial charge >= 0.3 is 0 Å². The fourth-order valence-electron chi connectivity index (χ4n) is 2.44. The molecule has 3 N–H and O–H groups in total. The molecule has 26 heavy (non-hydrogen) atoms. The first kappa shape index (κ1) is 19.8. The van der Waals surface area contributed by atoms with Crippen LogP contribution in [0, 0.1) is 6.92 Å². The zero-order chi connectivity index (χ0) is 19.1. The van der Waals surface area contributed by atoms with Crippen molar-refractivity contribution in [2.24, 2.45) is 0 Å². The molecule has 0 radical (unpaired) electrons. The minimum atomic E-state index is -0.179.